The van der Waals surface area contributed by atoms with Gasteiger partial charge in [0.25, 0.3) is 0 Å². The van der Waals surface area contributed by atoms with Crippen LogP contribution in [0.3, 0.4) is 0 Å². The zero-order chi connectivity index (χ0) is 14.6. The van der Waals surface area contributed by atoms with Crippen molar-refractivity contribution in [1.29, 1.82) is 0 Å². The molecule has 1 aromatic carbocycles. The van der Waals surface area contributed by atoms with Crippen LogP contribution in [-0.2, 0) is 16.0 Å². The molecule has 0 N–H and O–H groups in total. The minimum Gasteiger partial charge on any atom is -0.463 e. The Morgan fingerprint density at radius 2 is 2.11 bits per heavy atom. The van der Waals surface area contributed by atoms with Crippen molar-refractivity contribution in [2.24, 2.45) is 0 Å². The molecule has 19 heavy (non-hydrogen) atoms. The Balaban J connectivity index is 3.07. The van der Waals surface area contributed by atoms with E-state index >= 15 is 0 Å². The van der Waals surface area contributed by atoms with E-state index in [1.54, 1.807) is 6.92 Å². The quantitative estimate of drug-likeness (QED) is 0.357. The Morgan fingerprint density at radius 1 is 1.47 bits per heavy atom. The van der Waals surface area contributed by atoms with Gasteiger partial charge in [0, 0.05) is 23.6 Å². The fraction of sp³-hybridized carbons (Fsp3) is 0.250. The minimum absolute atomic E-state index is 0.0950. The summed E-state index contributed by atoms with van der Waals surface area (Å²) < 4.78 is 31.8. The third-order valence-electron chi connectivity index (χ3n) is 2.32. The second-order valence-electron chi connectivity index (χ2n) is 3.62. The molecular weight excluding hydrogens is 260 g/mol. The van der Waals surface area contributed by atoms with Gasteiger partial charge in [-0.1, -0.05) is 6.58 Å². The van der Waals surface area contributed by atoms with Gasteiger partial charge in [0.1, 0.15) is 5.82 Å². The molecule has 0 atom stereocenters. The maximum absolute atomic E-state index is 13.7. The van der Waals surface area contributed by atoms with Crippen molar-refractivity contribution in [3.8, 4) is 0 Å². The van der Waals surface area contributed by atoms with Crippen LogP contribution < -0.4 is 0 Å². The first-order valence-corrected chi connectivity index (χ1v) is 5.34. The smallest absolute Gasteiger partial charge is 0.333 e. The fourth-order valence-electron chi connectivity index (χ4n) is 1.41. The van der Waals surface area contributed by atoms with Crippen LogP contribution in [0.5, 0.6) is 0 Å². The second kappa shape index (κ2) is 6.03. The summed E-state index contributed by atoms with van der Waals surface area (Å²) in [4.78, 5) is 20.9. The molecule has 7 heteroatoms. The maximum atomic E-state index is 13.7. The molecule has 0 amide bonds. The van der Waals surface area contributed by atoms with Gasteiger partial charge in [-0.25, -0.2) is 9.18 Å². The number of rotatable bonds is 5. The number of esters is 1. The average Bonchev–Trinajstić information content (AvgIpc) is 2.33. The Labute approximate surface area is 107 Å². The Kier molecular flexibility index (Phi) is 4.68. The summed E-state index contributed by atoms with van der Waals surface area (Å²) in [6.07, 6.45) is -0.488. The van der Waals surface area contributed by atoms with E-state index in [2.05, 4.69) is 11.3 Å². The third-order valence-corrected chi connectivity index (χ3v) is 2.32. The Morgan fingerprint density at radius 3 is 2.63 bits per heavy atom. The molecule has 0 aliphatic rings. The number of nitro groups is 1. The highest BCUT2D eigenvalue weighted by Crippen LogP contribution is 2.25. The maximum Gasteiger partial charge on any atom is 0.333 e. The van der Waals surface area contributed by atoms with E-state index in [1.807, 2.05) is 0 Å². The molecular formula is C12H11F2NO4. The molecule has 0 radical (unpaired) electrons. The van der Waals surface area contributed by atoms with Crippen LogP contribution in [-0.4, -0.2) is 17.5 Å². The van der Waals surface area contributed by atoms with Crippen molar-refractivity contribution in [1.82, 2.24) is 0 Å². The molecule has 5 nitrogen and oxygen atoms in total. The number of carbonyl (C=O) groups is 1. The number of ether oxygens (including phenoxy) is 1. The second-order valence-corrected chi connectivity index (χ2v) is 3.62. The van der Waals surface area contributed by atoms with Gasteiger partial charge in [-0.05, 0) is 13.0 Å². The molecule has 0 saturated heterocycles. The summed E-state index contributed by atoms with van der Waals surface area (Å²) >= 11 is 0. The summed E-state index contributed by atoms with van der Waals surface area (Å²) in [5.74, 6) is -3.09. The van der Waals surface area contributed by atoms with Crippen molar-refractivity contribution in [2.45, 2.75) is 13.3 Å². The fourth-order valence-corrected chi connectivity index (χ4v) is 1.41. The van der Waals surface area contributed by atoms with E-state index in [4.69, 9.17) is 0 Å². The van der Waals surface area contributed by atoms with E-state index in [-0.39, 0.29) is 12.2 Å². The number of benzene rings is 1. The van der Waals surface area contributed by atoms with Gasteiger partial charge in [0.2, 0.25) is 5.82 Å². The molecule has 102 valence electrons. The predicted molar refractivity (Wildman–Crippen MR) is 62.5 cm³/mol. The first kappa shape index (κ1) is 14.7. The monoisotopic (exact) mass is 271 g/mol. The van der Waals surface area contributed by atoms with Crippen LogP contribution >= 0.6 is 0 Å². The molecule has 0 aromatic heterocycles. The molecule has 0 unspecified atom stereocenters. The third kappa shape index (κ3) is 3.34. The van der Waals surface area contributed by atoms with Crippen LogP contribution in [0, 0.1) is 21.7 Å². The Hall–Kier alpha value is -2.31. The normalized spacial score (nSPS) is 10.1. The van der Waals surface area contributed by atoms with Crippen molar-refractivity contribution < 1.29 is 23.2 Å². The van der Waals surface area contributed by atoms with E-state index in [9.17, 15) is 23.7 Å². The highest BCUT2D eigenvalue weighted by Gasteiger charge is 2.23. The van der Waals surface area contributed by atoms with Gasteiger partial charge in [-0.15, -0.1) is 0 Å². The Bertz CT molecular complexity index is 543. The van der Waals surface area contributed by atoms with Crippen LogP contribution in [0.1, 0.15) is 12.5 Å². The van der Waals surface area contributed by atoms with E-state index in [0.29, 0.717) is 0 Å². The zero-order valence-corrected chi connectivity index (χ0v) is 10.1. The molecule has 0 aliphatic heterocycles. The molecule has 0 heterocycles. The topological polar surface area (TPSA) is 69.4 Å². The highest BCUT2D eigenvalue weighted by molar-refractivity contribution is 5.88. The molecule has 1 aromatic rings. The average molecular weight is 271 g/mol. The lowest BCUT2D eigenvalue weighted by atomic mass is 10.0. The van der Waals surface area contributed by atoms with Crippen LogP contribution in [0.25, 0.3) is 0 Å². The number of halogens is 2. The lowest BCUT2D eigenvalue weighted by Gasteiger charge is -2.07. The van der Waals surface area contributed by atoms with Crippen LogP contribution in [0.15, 0.2) is 24.3 Å². The molecule has 0 spiro atoms. The van der Waals surface area contributed by atoms with Gasteiger partial charge in [0.15, 0.2) is 0 Å². The predicted octanol–water partition coefficient (Wildman–Crippen LogP) is 2.53. The SMILES string of the molecule is C=C(Cc1c(F)ccc([N+](=O)[O-])c1F)C(=O)OCC. The molecule has 0 saturated carbocycles. The van der Waals surface area contributed by atoms with E-state index in [1.165, 1.54) is 0 Å². The van der Waals surface area contributed by atoms with Crippen molar-refractivity contribution in [3.63, 3.8) is 0 Å². The summed E-state index contributed by atoms with van der Waals surface area (Å²) in [7, 11) is 0. The highest BCUT2D eigenvalue weighted by atomic mass is 19.1. The molecule has 0 bridgehead atoms. The summed E-state index contributed by atoms with van der Waals surface area (Å²) in [6.45, 7) is 5.01. The number of nitro benzene ring substituents is 1. The first-order valence-electron chi connectivity index (χ1n) is 5.34. The molecule has 1 rings (SSSR count). The van der Waals surface area contributed by atoms with Crippen molar-refractivity contribution in [2.75, 3.05) is 6.61 Å². The molecule has 0 fully saturated rings. The minimum atomic E-state index is -1.31. The summed E-state index contributed by atoms with van der Waals surface area (Å²) in [6, 6.07) is 1.50. The summed E-state index contributed by atoms with van der Waals surface area (Å²) in [5, 5.41) is 10.5. The van der Waals surface area contributed by atoms with Crippen LogP contribution in [0.4, 0.5) is 14.5 Å². The standard InChI is InChI=1S/C12H11F2NO4/c1-3-19-12(16)7(2)6-8-9(13)4-5-10(11(8)14)15(17)18/h4-5H,2-3,6H2,1H3. The lowest BCUT2D eigenvalue weighted by molar-refractivity contribution is -0.387. The zero-order valence-electron chi connectivity index (χ0n) is 10.1. The number of hydrogen-bond donors (Lipinski definition) is 0. The van der Waals surface area contributed by atoms with Crippen LogP contribution in [0.2, 0.25) is 0 Å². The van der Waals surface area contributed by atoms with E-state index in [0.717, 1.165) is 12.1 Å². The van der Waals surface area contributed by atoms with Gasteiger partial charge < -0.3 is 4.74 Å². The van der Waals surface area contributed by atoms with Gasteiger partial charge in [-0.2, -0.15) is 4.39 Å². The first-order chi connectivity index (χ1) is 8.88. The summed E-state index contributed by atoms with van der Waals surface area (Å²) in [5.41, 5.74) is -1.61. The largest absolute Gasteiger partial charge is 0.463 e. The van der Waals surface area contributed by atoms with Gasteiger partial charge >= 0.3 is 11.7 Å². The van der Waals surface area contributed by atoms with E-state index < -0.39 is 40.2 Å². The van der Waals surface area contributed by atoms with Gasteiger partial charge in [0.05, 0.1) is 11.5 Å². The number of hydrogen-bond acceptors (Lipinski definition) is 4. The lowest BCUT2D eigenvalue weighted by Crippen LogP contribution is -2.11. The van der Waals surface area contributed by atoms with Gasteiger partial charge in [-0.3, -0.25) is 10.1 Å². The van der Waals surface area contributed by atoms with Crippen molar-refractivity contribution in [3.05, 3.63) is 51.6 Å². The van der Waals surface area contributed by atoms with Crippen molar-refractivity contribution >= 4 is 11.7 Å². The number of nitrogens with zero attached hydrogens (tertiary/aromatic N) is 1. The molecule has 0 aliphatic carbocycles. The number of carbonyl (C=O) groups excluding carboxylic acids is 1.